The molecule has 0 radical (unpaired) electrons. The van der Waals surface area contributed by atoms with E-state index in [0.29, 0.717) is 6.54 Å². The molecule has 0 saturated heterocycles. The molecule has 0 saturated carbocycles. The third-order valence-electron chi connectivity index (χ3n) is 2.83. The van der Waals surface area contributed by atoms with E-state index >= 15 is 0 Å². The van der Waals surface area contributed by atoms with E-state index < -0.39 is 5.69 Å². The van der Waals surface area contributed by atoms with Gasteiger partial charge in [0.05, 0.1) is 19.0 Å². The first-order chi connectivity index (χ1) is 9.61. The smallest absolute Gasteiger partial charge is 0.296 e. The standard InChI is InChI=1S/C14H12BrN3O2/c15-12-4-1-3-11(9-12)10-17-8-5-13(19)18(14(17)20)7-2-6-16/h1,3-5,8-9H,2,7,10H2. The number of nitriles is 1. The Balaban J connectivity index is 2.36. The number of halogens is 1. The maximum absolute atomic E-state index is 12.2. The minimum atomic E-state index is -0.396. The van der Waals surface area contributed by atoms with Crippen molar-refractivity contribution >= 4 is 15.9 Å². The summed E-state index contributed by atoms with van der Waals surface area (Å²) in [5, 5.41) is 8.56. The Morgan fingerprint density at radius 1 is 1.25 bits per heavy atom. The molecule has 1 aromatic heterocycles. The highest BCUT2D eigenvalue weighted by Crippen LogP contribution is 2.11. The van der Waals surface area contributed by atoms with Crippen LogP contribution in [0.1, 0.15) is 12.0 Å². The monoisotopic (exact) mass is 333 g/mol. The highest BCUT2D eigenvalue weighted by atomic mass is 79.9. The number of benzene rings is 1. The summed E-state index contributed by atoms with van der Waals surface area (Å²) in [4.78, 5) is 23.8. The summed E-state index contributed by atoms with van der Waals surface area (Å²) < 4.78 is 3.47. The van der Waals surface area contributed by atoms with Gasteiger partial charge in [0.2, 0.25) is 0 Å². The van der Waals surface area contributed by atoms with Gasteiger partial charge in [-0.25, -0.2) is 4.79 Å². The number of nitrogens with zero attached hydrogens (tertiary/aromatic N) is 3. The van der Waals surface area contributed by atoms with Gasteiger partial charge in [0.25, 0.3) is 5.56 Å². The average molecular weight is 334 g/mol. The molecule has 5 nitrogen and oxygen atoms in total. The van der Waals surface area contributed by atoms with Crippen LogP contribution in [0, 0.1) is 11.3 Å². The van der Waals surface area contributed by atoms with Gasteiger partial charge in [0, 0.05) is 23.3 Å². The van der Waals surface area contributed by atoms with Crippen LogP contribution in [-0.2, 0) is 13.1 Å². The lowest BCUT2D eigenvalue weighted by Gasteiger charge is -2.09. The fraction of sp³-hybridized carbons (Fsp3) is 0.214. The van der Waals surface area contributed by atoms with E-state index in [0.717, 1.165) is 14.6 Å². The summed E-state index contributed by atoms with van der Waals surface area (Å²) >= 11 is 3.38. The molecule has 0 fully saturated rings. The van der Waals surface area contributed by atoms with Crippen molar-refractivity contribution in [3.8, 4) is 6.07 Å². The Bertz CT molecular complexity index is 771. The van der Waals surface area contributed by atoms with Crippen molar-refractivity contribution in [2.45, 2.75) is 19.5 Å². The number of hydrogen-bond donors (Lipinski definition) is 0. The molecule has 0 spiro atoms. The molecule has 1 aromatic carbocycles. The van der Waals surface area contributed by atoms with Crippen molar-refractivity contribution in [3.05, 3.63) is 67.4 Å². The maximum atomic E-state index is 12.2. The summed E-state index contributed by atoms with van der Waals surface area (Å²) in [7, 11) is 0. The molecule has 0 aliphatic rings. The summed E-state index contributed by atoms with van der Waals surface area (Å²) in [6, 6.07) is 10.9. The topological polar surface area (TPSA) is 67.8 Å². The zero-order chi connectivity index (χ0) is 14.5. The molecule has 2 rings (SSSR count). The highest BCUT2D eigenvalue weighted by Gasteiger charge is 2.05. The molecule has 0 aliphatic heterocycles. The van der Waals surface area contributed by atoms with Gasteiger partial charge in [0.15, 0.2) is 0 Å². The van der Waals surface area contributed by atoms with Gasteiger partial charge < -0.3 is 0 Å². The van der Waals surface area contributed by atoms with Crippen LogP contribution in [0.15, 0.2) is 50.6 Å². The van der Waals surface area contributed by atoms with E-state index in [2.05, 4.69) is 15.9 Å². The van der Waals surface area contributed by atoms with Crippen molar-refractivity contribution in [3.63, 3.8) is 0 Å². The molecule has 102 valence electrons. The van der Waals surface area contributed by atoms with Gasteiger partial charge in [-0.1, -0.05) is 28.1 Å². The third-order valence-corrected chi connectivity index (χ3v) is 3.32. The van der Waals surface area contributed by atoms with Gasteiger partial charge in [-0.2, -0.15) is 5.26 Å². The summed E-state index contributed by atoms with van der Waals surface area (Å²) in [5.41, 5.74) is 0.176. The number of aromatic nitrogens is 2. The fourth-order valence-corrected chi connectivity index (χ4v) is 2.32. The van der Waals surface area contributed by atoms with Crippen LogP contribution in [0.5, 0.6) is 0 Å². The van der Waals surface area contributed by atoms with Crippen LogP contribution in [0.4, 0.5) is 0 Å². The Kier molecular flexibility index (Phi) is 4.53. The van der Waals surface area contributed by atoms with E-state index in [9.17, 15) is 9.59 Å². The predicted octanol–water partition coefficient (Wildman–Crippen LogP) is 1.73. The van der Waals surface area contributed by atoms with Crippen molar-refractivity contribution in [2.75, 3.05) is 0 Å². The van der Waals surface area contributed by atoms with Crippen molar-refractivity contribution in [1.29, 1.82) is 5.26 Å². The molecular formula is C14H12BrN3O2. The van der Waals surface area contributed by atoms with Gasteiger partial charge >= 0.3 is 5.69 Å². The zero-order valence-electron chi connectivity index (χ0n) is 10.6. The quantitative estimate of drug-likeness (QED) is 0.855. The molecule has 0 aliphatic carbocycles. The largest absolute Gasteiger partial charge is 0.331 e. The molecule has 0 atom stereocenters. The predicted molar refractivity (Wildman–Crippen MR) is 78.4 cm³/mol. The van der Waals surface area contributed by atoms with E-state index in [1.165, 1.54) is 16.8 Å². The van der Waals surface area contributed by atoms with Crippen LogP contribution in [0.25, 0.3) is 0 Å². The van der Waals surface area contributed by atoms with Crippen LogP contribution in [0.3, 0.4) is 0 Å². The zero-order valence-corrected chi connectivity index (χ0v) is 12.2. The minimum Gasteiger partial charge on any atom is -0.296 e. The second kappa shape index (κ2) is 6.35. The van der Waals surface area contributed by atoms with Gasteiger partial charge in [-0.3, -0.25) is 13.9 Å². The average Bonchev–Trinajstić information content (AvgIpc) is 2.42. The summed E-state index contributed by atoms with van der Waals surface area (Å²) in [6.07, 6.45) is 1.62. The van der Waals surface area contributed by atoms with Gasteiger partial charge in [0.1, 0.15) is 0 Å². The summed E-state index contributed by atoms with van der Waals surface area (Å²) in [6.45, 7) is 0.499. The highest BCUT2D eigenvalue weighted by molar-refractivity contribution is 9.10. The maximum Gasteiger partial charge on any atom is 0.331 e. The van der Waals surface area contributed by atoms with Crippen molar-refractivity contribution in [2.24, 2.45) is 0 Å². The molecular weight excluding hydrogens is 322 g/mol. The first-order valence-corrected chi connectivity index (χ1v) is 6.83. The Hall–Kier alpha value is -2.13. The Morgan fingerprint density at radius 2 is 2.05 bits per heavy atom. The summed E-state index contributed by atoms with van der Waals surface area (Å²) in [5.74, 6) is 0. The Morgan fingerprint density at radius 3 is 2.75 bits per heavy atom. The van der Waals surface area contributed by atoms with Gasteiger partial charge in [-0.05, 0) is 17.7 Å². The second-order valence-electron chi connectivity index (χ2n) is 4.25. The SMILES string of the molecule is N#CCCn1c(=O)ccn(Cc2cccc(Br)c2)c1=O. The molecule has 0 amide bonds. The Labute approximate surface area is 123 Å². The minimum absolute atomic E-state index is 0.119. The van der Waals surface area contributed by atoms with Crippen LogP contribution in [-0.4, -0.2) is 9.13 Å². The lowest BCUT2D eigenvalue weighted by atomic mass is 10.2. The molecule has 0 bridgehead atoms. The first-order valence-electron chi connectivity index (χ1n) is 6.03. The van der Waals surface area contributed by atoms with Crippen LogP contribution < -0.4 is 11.2 Å². The molecule has 0 N–H and O–H groups in total. The van der Waals surface area contributed by atoms with Crippen molar-refractivity contribution < 1.29 is 0 Å². The molecule has 20 heavy (non-hydrogen) atoms. The molecule has 1 heterocycles. The number of hydrogen-bond acceptors (Lipinski definition) is 3. The normalized spacial score (nSPS) is 10.2. The van der Waals surface area contributed by atoms with Gasteiger partial charge in [-0.15, -0.1) is 0 Å². The van der Waals surface area contributed by atoms with E-state index in [-0.39, 0.29) is 18.5 Å². The van der Waals surface area contributed by atoms with Crippen LogP contribution >= 0.6 is 15.9 Å². The third kappa shape index (κ3) is 3.25. The first kappa shape index (κ1) is 14.3. The second-order valence-corrected chi connectivity index (χ2v) is 5.17. The lowest BCUT2D eigenvalue weighted by molar-refractivity contribution is 0.580. The van der Waals surface area contributed by atoms with E-state index in [4.69, 9.17) is 5.26 Å². The van der Waals surface area contributed by atoms with E-state index in [1.807, 2.05) is 30.3 Å². The fourth-order valence-electron chi connectivity index (χ4n) is 1.88. The van der Waals surface area contributed by atoms with E-state index in [1.54, 1.807) is 0 Å². The van der Waals surface area contributed by atoms with Crippen LogP contribution in [0.2, 0.25) is 0 Å². The molecule has 0 unspecified atom stereocenters. The van der Waals surface area contributed by atoms with Crippen molar-refractivity contribution in [1.82, 2.24) is 9.13 Å². The molecule has 6 heteroatoms. The molecule has 2 aromatic rings. The number of rotatable bonds is 4. The lowest BCUT2D eigenvalue weighted by Crippen LogP contribution is -2.39.